The molecule has 14 heavy (non-hydrogen) atoms. The minimum absolute atomic E-state index is 0.140. The first-order valence-corrected chi connectivity index (χ1v) is 4.60. The number of furan rings is 1. The molecule has 0 aromatic carbocycles. The first-order valence-electron chi connectivity index (χ1n) is 4.60. The smallest absolute Gasteiger partial charge is 0.133 e. The second-order valence-electron chi connectivity index (χ2n) is 3.20. The van der Waals surface area contributed by atoms with E-state index < -0.39 is 0 Å². The van der Waals surface area contributed by atoms with E-state index in [0.29, 0.717) is 13.0 Å². The molecule has 2 heterocycles. The Balaban J connectivity index is 1.89. The number of hydrogen-bond donors (Lipinski definition) is 0. The predicted octanol–water partition coefficient (Wildman–Crippen LogP) is 1.76. The van der Waals surface area contributed by atoms with E-state index in [-0.39, 0.29) is 12.2 Å². The van der Waals surface area contributed by atoms with Crippen molar-refractivity contribution in [3.8, 4) is 12.3 Å². The lowest BCUT2D eigenvalue weighted by Gasteiger charge is -2.11. The van der Waals surface area contributed by atoms with Crippen molar-refractivity contribution in [2.75, 3.05) is 13.2 Å². The van der Waals surface area contributed by atoms with Crippen molar-refractivity contribution < 1.29 is 13.9 Å². The van der Waals surface area contributed by atoms with Gasteiger partial charge in [0.1, 0.15) is 18.0 Å². The zero-order valence-corrected chi connectivity index (χ0v) is 7.81. The molecule has 2 atom stereocenters. The topological polar surface area (TPSA) is 34.9 Å². The third-order valence-electron chi connectivity index (χ3n) is 2.05. The van der Waals surface area contributed by atoms with Gasteiger partial charge in [0.25, 0.3) is 0 Å². The Morgan fingerprint density at radius 3 is 3.14 bits per heavy atom. The minimum atomic E-state index is -0.140. The lowest BCUT2D eigenvalue weighted by Crippen LogP contribution is -2.08. The maximum Gasteiger partial charge on any atom is 0.133 e. The van der Waals surface area contributed by atoms with Gasteiger partial charge in [-0.05, 0) is 12.1 Å². The van der Waals surface area contributed by atoms with Crippen molar-refractivity contribution in [2.45, 2.75) is 18.6 Å². The minimum Gasteiger partial charge on any atom is -0.467 e. The molecule has 1 aliphatic heterocycles. The van der Waals surface area contributed by atoms with E-state index in [1.807, 2.05) is 12.1 Å². The van der Waals surface area contributed by atoms with Gasteiger partial charge in [-0.3, -0.25) is 0 Å². The van der Waals surface area contributed by atoms with E-state index in [1.54, 1.807) is 6.26 Å². The van der Waals surface area contributed by atoms with Gasteiger partial charge in [0.15, 0.2) is 0 Å². The van der Waals surface area contributed by atoms with E-state index in [4.69, 9.17) is 20.3 Å². The van der Waals surface area contributed by atoms with Gasteiger partial charge in [-0.2, -0.15) is 0 Å². The molecule has 3 nitrogen and oxygen atoms in total. The Morgan fingerprint density at radius 2 is 2.57 bits per heavy atom. The summed E-state index contributed by atoms with van der Waals surface area (Å²) in [5.74, 6) is 3.36. The van der Waals surface area contributed by atoms with E-state index in [9.17, 15) is 0 Å². The Kier molecular flexibility index (Phi) is 2.87. The molecule has 1 aromatic rings. The average Bonchev–Trinajstić information content (AvgIpc) is 2.86. The van der Waals surface area contributed by atoms with E-state index in [2.05, 4.69) is 5.92 Å². The second kappa shape index (κ2) is 4.32. The highest BCUT2D eigenvalue weighted by Crippen LogP contribution is 2.23. The SMILES string of the molecule is C#CCC(OCC1CO1)c1ccco1. The van der Waals surface area contributed by atoms with Crippen molar-refractivity contribution in [3.63, 3.8) is 0 Å². The summed E-state index contributed by atoms with van der Waals surface area (Å²) >= 11 is 0. The van der Waals surface area contributed by atoms with Crippen LogP contribution < -0.4 is 0 Å². The molecule has 1 aromatic heterocycles. The number of rotatable bonds is 5. The molecule has 0 N–H and O–H groups in total. The molecule has 0 bridgehead atoms. The van der Waals surface area contributed by atoms with Gasteiger partial charge in [0, 0.05) is 6.42 Å². The monoisotopic (exact) mass is 192 g/mol. The van der Waals surface area contributed by atoms with Crippen LogP contribution in [0, 0.1) is 12.3 Å². The van der Waals surface area contributed by atoms with E-state index in [1.165, 1.54) is 0 Å². The zero-order chi connectivity index (χ0) is 9.80. The Morgan fingerprint density at radius 1 is 1.71 bits per heavy atom. The van der Waals surface area contributed by atoms with Crippen molar-refractivity contribution in [1.82, 2.24) is 0 Å². The molecule has 3 heteroatoms. The van der Waals surface area contributed by atoms with Gasteiger partial charge in [0.2, 0.25) is 0 Å². The lowest BCUT2D eigenvalue weighted by atomic mass is 10.2. The lowest BCUT2D eigenvalue weighted by molar-refractivity contribution is 0.0315. The molecule has 0 spiro atoms. The molecule has 1 aliphatic rings. The molecule has 2 rings (SSSR count). The van der Waals surface area contributed by atoms with Crippen LogP contribution in [0.3, 0.4) is 0 Å². The molecular formula is C11H12O3. The molecule has 1 saturated heterocycles. The maximum atomic E-state index is 5.59. The van der Waals surface area contributed by atoms with Crippen LogP contribution in [-0.2, 0) is 9.47 Å². The van der Waals surface area contributed by atoms with Gasteiger partial charge in [-0.25, -0.2) is 0 Å². The fourth-order valence-corrected chi connectivity index (χ4v) is 1.21. The molecule has 2 unspecified atom stereocenters. The third kappa shape index (κ3) is 2.38. The van der Waals surface area contributed by atoms with Crippen LogP contribution in [0.25, 0.3) is 0 Å². The van der Waals surface area contributed by atoms with Crippen LogP contribution in [0.5, 0.6) is 0 Å². The molecule has 0 amide bonds. The van der Waals surface area contributed by atoms with E-state index in [0.717, 1.165) is 12.4 Å². The Hall–Kier alpha value is -1.24. The number of hydrogen-bond acceptors (Lipinski definition) is 3. The summed E-state index contributed by atoms with van der Waals surface area (Å²) in [6.45, 7) is 1.38. The fraction of sp³-hybridized carbons (Fsp3) is 0.455. The number of epoxide rings is 1. The molecule has 0 radical (unpaired) electrons. The highest BCUT2D eigenvalue weighted by Gasteiger charge is 2.25. The van der Waals surface area contributed by atoms with Crippen molar-refractivity contribution in [1.29, 1.82) is 0 Å². The van der Waals surface area contributed by atoms with Crippen LogP contribution >= 0.6 is 0 Å². The molecule has 1 fully saturated rings. The van der Waals surface area contributed by atoms with Gasteiger partial charge in [-0.15, -0.1) is 12.3 Å². The van der Waals surface area contributed by atoms with E-state index >= 15 is 0 Å². The zero-order valence-electron chi connectivity index (χ0n) is 7.81. The second-order valence-corrected chi connectivity index (χ2v) is 3.20. The van der Waals surface area contributed by atoms with Crippen LogP contribution in [0.1, 0.15) is 18.3 Å². The van der Waals surface area contributed by atoms with Gasteiger partial charge >= 0.3 is 0 Å². The summed E-state index contributed by atoms with van der Waals surface area (Å²) in [7, 11) is 0. The largest absolute Gasteiger partial charge is 0.467 e. The van der Waals surface area contributed by atoms with Crippen molar-refractivity contribution in [2.24, 2.45) is 0 Å². The standard InChI is InChI=1S/C11H12O3/c1-2-4-10(11-5-3-6-12-11)14-8-9-7-13-9/h1,3,5-6,9-10H,4,7-8H2. The van der Waals surface area contributed by atoms with Gasteiger partial charge < -0.3 is 13.9 Å². The van der Waals surface area contributed by atoms with Crippen LogP contribution in [0.2, 0.25) is 0 Å². The van der Waals surface area contributed by atoms with Gasteiger partial charge in [0.05, 0.1) is 19.5 Å². The van der Waals surface area contributed by atoms with Crippen LogP contribution in [0.4, 0.5) is 0 Å². The first-order chi connectivity index (χ1) is 6.90. The normalized spacial score (nSPS) is 21.5. The molecule has 0 saturated carbocycles. The molecule has 74 valence electrons. The highest BCUT2D eigenvalue weighted by molar-refractivity contribution is 5.05. The van der Waals surface area contributed by atoms with Crippen LogP contribution in [-0.4, -0.2) is 19.3 Å². The molecular weight excluding hydrogens is 180 g/mol. The third-order valence-corrected chi connectivity index (χ3v) is 2.05. The Labute approximate surface area is 83.0 Å². The maximum absolute atomic E-state index is 5.59. The summed E-state index contributed by atoms with van der Waals surface area (Å²) < 4.78 is 15.9. The summed E-state index contributed by atoms with van der Waals surface area (Å²) in [4.78, 5) is 0. The van der Waals surface area contributed by atoms with Crippen LogP contribution in [0.15, 0.2) is 22.8 Å². The fourth-order valence-electron chi connectivity index (χ4n) is 1.21. The summed E-state index contributed by atoms with van der Waals surface area (Å²) in [5, 5.41) is 0. The first kappa shape index (κ1) is 9.32. The number of terminal acetylenes is 1. The quantitative estimate of drug-likeness (QED) is 0.526. The summed E-state index contributed by atoms with van der Waals surface area (Å²) in [6.07, 6.45) is 7.52. The average molecular weight is 192 g/mol. The highest BCUT2D eigenvalue weighted by atomic mass is 16.6. The van der Waals surface area contributed by atoms with Crippen molar-refractivity contribution >= 4 is 0 Å². The summed E-state index contributed by atoms with van der Waals surface area (Å²) in [6, 6.07) is 3.70. The summed E-state index contributed by atoms with van der Waals surface area (Å²) in [5.41, 5.74) is 0. The Bertz CT molecular complexity index is 306. The molecule has 0 aliphatic carbocycles. The van der Waals surface area contributed by atoms with Crippen molar-refractivity contribution in [3.05, 3.63) is 24.2 Å². The predicted molar refractivity (Wildman–Crippen MR) is 50.6 cm³/mol. The number of ether oxygens (including phenoxy) is 2. The van der Waals surface area contributed by atoms with Gasteiger partial charge in [-0.1, -0.05) is 0 Å².